The predicted octanol–water partition coefficient (Wildman–Crippen LogP) is 1.84. The van der Waals surface area contributed by atoms with Crippen LogP contribution >= 0.6 is 11.8 Å². The molecule has 0 aliphatic carbocycles. The van der Waals surface area contributed by atoms with Crippen molar-refractivity contribution >= 4 is 23.8 Å². The van der Waals surface area contributed by atoms with Gasteiger partial charge in [-0.1, -0.05) is 18.7 Å². The van der Waals surface area contributed by atoms with E-state index in [1.807, 2.05) is 6.92 Å². The molecule has 102 valence electrons. The number of amides is 1. The molecule has 0 radical (unpaired) electrons. The molecule has 6 nitrogen and oxygen atoms in total. The number of carboxylic acids is 1. The third-order valence-corrected chi connectivity index (χ3v) is 3.50. The van der Waals surface area contributed by atoms with Crippen LogP contribution in [-0.2, 0) is 9.53 Å². The van der Waals surface area contributed by atoms with Gasteiger partial charge in [0, 0.05) is 6.20 Å². The molecule has 0 aromatic carbocycles. The second-order valence-corrected chi connectivity index (χ2v) is 6.21. The molecule has 1 atom stereocenters. The largest absolute Gasteiger partial charge is 0.477 e. The Bertz CT molecular complexity index is 389. The highest BCUT2D eigenvalue weighted by atomic mass is 32.2. The molecule has 0 saturated carbocycles. The first-order valence-corrected chi connectivity index (χ1v) is 6.40. The number of hydrogen-bond acceptors (Lipinski definition) is 5. The molecule has 1 heterocycles. The van der Waals surface area contributed by atoms with Gasteiger partial charge in [0.05, 0.1) is 0 Å². The van der Waals surface area contributed by atoms with E-state index in [2.05, 4.69) is 10.6 Å². The molecular weight excluding hydrogens is 256 g/mol. The topological polar surface area (TPSA) is 87.7 Å². The summed E-state index contributed by atoms with van der Waals surface area (Å²) in [5, 5.41) is 14.4. The molecule has 1 amide bonds. The highest BCUT2D eigenvalue weighted by Crippen LogP contribution is 2.35. The number of alkyl carbamates (subject to hydrolysis) is 1. The second kappa shape index (κ2) is 5.09. The smallest absolute Gasteiger partial charge is 0.410 e. The molecule has 7 heteroatoms. The maximum Gasteiger partial charge on any atom is 0.410 e. The summed E-state index contributed by atoms with van der Waals surface area (Å²) >= 11 is 1.06. The molecule has 0 spiro atoms. The number of carboxylic acid groups (broad SMARTS) is 1. The molecule has 1 aliphatic heterocycles. The molecule has 1 aliphatic rings. The number of aliphatic carboxylic acids is 1. The van der Waals surface area contributed by atoms with Crippen molar-refractivity contribution in [3.63, 3.8) is 0 Å². The fourth-order valence-electron chi connectivity index (χ4n) is 1.33. The van der Waals surface area contributed by atoms with Crippen molar-refractivity contribution in [1.29, 1.82) is 0 Å². The Labute approximate surface area is 110 Å². The minimum absolute atomic E-state index is 0.160. The zero-order valence-electron chi connectivity index (χ0n) is 10.9. The first kappa shape index (κ1) is 14.7. The Morgan fingerprint density at radius 3 is 2.56 bits per heavy atom. The van der Waals surface area contributed by atoms with Gasteiger partial charge in [0.1, 0.15) is 10.5 Å². The minimum Gasteiger partial charge on any atom is -0.477 e. The van der Waals surface area contributed by atoms with E-state index in [1.165, 1.54) is 6.20 Å². The van der Waals surface area contributed by atoms with Gasteiger partial charge in [0.25, 0.3) is 0 Å². The zero-order chi connectivity index (χ0) is 14.0. The number of nitrogens with one attached hydrogen (secondary N) is 2. The molecule has 0 aromatic rings. The van der Waals surface area contributed by atoms with Crippen molar-refractivity contribution in [2.24, 2.45) is 0 Å². The Hall–Kier alpha value is -1.37. The first-order valence-electron chi connectivity index (χ1n) is 5.59. The normalized spacial score (nSPS) is 23.0. The van der Waals surface area contributed by atoms with Crippen molar-refractivity contribution in [3.05, 3.63) is 11.1 Å². The van der Waals surface area contributed by atoms with Crippen LogP contribution in [0.2, 0.25) is 0 Å². The number of hydrogen-bond donors (Lipinski definition) is 3. The number of carbonyl (C=O) groups is 2. The van der Waals surface area contributed by atoms with Crippen LogP contribution < -0.4 is 10.6 Å². The molecular formula is C11H18N2O4S. The maximum absolute atomic E-state index is 11.7. The van der Waals surface area contributed by atoms with Crippen molar-refractivity contribution < 1.29 is 19.4 Å². The Morgan fingerprint density at radius 1 is 1.56 bits per heavy atom. The zero-order valence-corrected chi connectivity index (χ0v) is 11.7. The van der Waals surface area contributed by atoms with E-state index < -0.39 is 22.7 Å². The molecule has 0 saturated heterocycles. The van der Waals surface area contributed by atoms with Crippen LogP contribution in [0.3, 0.4) is 0 Å². The summed E-state index contributed by atoms with van der Waals surface area (Å²) in [7, 11) is 0. The molecule has 1 rings (SSSR count). The standard InChI is InChI=1S/C11H18N2O4S/c1-5-11(12-6-7(18-11)8(14)15)13-9(16)17-10(2,3)4/h6,12H,5H2,1-4H3,(H,13,16)(H,14,15). The van der Waals surface area contributed by atoms with Crippen LogP contribution in [0.1, 0.15) is 34.1 Å². The van der Waals surface area contributed by atoms with E-state index >= 15 is 0 Å². The molecule has 0 aromatic heterocycles. The lowest BCUT2D eigenvalue weighted by molar-refractivity contribution is -0.131. The summed E-state index contributed by atoms with van der Waals surface area (Å²) in [5.41, 5.74) is -0.592. The summed E-state index contributed by atoms with van der Waals surface area (Å²) in [6.07, 6.45) is 1.32. The molecule has 0 fully saturated rings. The maximum atomic E-state index is 11.7. The van der Waals surface area contributed by atoms with E-state index in [4.69, 9.17) is 9.84 Å². The van der Waals surface area contributed by atoms with Crippen LogP contribution in [0.5, 0.6) is 0 Å². The van der Waals surface area contributed by atoms with Gasteiger partial charge in [-0.2, -0.15) is 0 Å². The summed E-state index contributed by atoms with van der Waals surface area (Å²) in [6.45, 7) is 7.14. The summed E-state index contributed by atoms with van der Waals surface area (Å²) in [6, 6.07) is 0. The molecule has 1 unspecified atom stereocenters. The van der Waals surface area contributed by atoms with E-state index in [1.54, 1.807) is 20.8 Å². The van der Waals surface area contributed by atoms with Crippen molar-refractivity contribution in [3.8, 4) is 0 Å². The van der Waals surface area contributed by atoms with E-state index in [-0.39, 0.29) is 4.91 Å². The first-order chi connectivity index (χ1) is 8.17. The van der Waals surface area contributed by atoms with Crippen LogP contribution in [0.15, 0.2) is 11.1 Å². The quantitative estimate of drug-likeness (QED) is 0.728. The lowest BCUT2D eigenvalue weighted by Crippen LogP contribution is -2.53. The Balaban J connectivity index is 2.65. The Kier molecular flexibility index (Phi) is 4.16. The molecule has 18 heavy (non-hydrogen) atoms. The molecule has 3 N–H and O–H groups in total. The van der Waals surface area contributed by atoms with E-state index in [0.29, 0.717) is 6.42 Å². The van der Waals surface area contributed by atoms with Crippen LogP contribution in [0, 0.1) is 0 Å². The fourth-order valence-corrected chi connectivity index (χ4v) is 2.30. The lowest BCUT2D eigenvalue weighted by Gasteiger charge is -2.30. The highest BCUT2D eigenvalue weighted by Gasteiger charge is 2.38. The van der Waals surface area contributed by atoms with Gasteiger partial charge >= 0.3 is 12.1 Å². The van der Waals surface area contributed by atoms with Gasteiger partial charge in [0.15, 0.2) is 4.99 Å². The fraction of sp³-hybridized carbons (Fsp3) is 0.636. The number of carbonyl (C=O) groups excluding carboxylic acids is 1. The number of ether oxygens (including phenoxy) is 1. The van der Waals surface area contributed by atoms with Crippen molar-refractivity contribution in [2.75, 3.05) is 0 Å². The number of rotatable bonds is 3. The van der Waals surface area contributed by atoms with Crippen LogP contribution in [0.4, 0.5) is 4.79 Å². The van der Waals surface area contributed by atoms with Crippen LogP contribution in [-0.4, -0.2) is 27.8 Å². The van der Waals surface area contributed by atoms with Crippen molar-refractivity contribution in [2.45, 2.75) is 44.7 Å². The lowest BCUT2D eigenvalue weighted by atomic mass is 10.2. The van der Waals surface area contributed by atoms with Gasteiger partial charge in [-0.15, -0.1) is 0 Å². The van der Waals surface area contributed by atoms with E-state index in [0.717, 1.165) is 11.8 Å². The van der Waals surface area contributed by atoms with Gasteiger partial charge < -0.3 is 15.2 Å². The van der Waals surface area contributed by atoms with Gasteiger partial charge in [-0.05, 0) is 27.2 Å². The summed E-state index contributed by atoms with van der Waals surface area (Å²) in [5.74, 6) is -1.02. The van der Waals surface area contributed by atoms with E-state index in [9.17, 15) is 9.59 Å². The monoisotopic (exact) mass is 274 g/mol. The molecule has 0 bridgehead atoms. The predicted molar refractivity (Wildman–Crippen MR) is 68.8 cm³/mol. The average molecular weight is 274 g/mol. The number of thioether (sulfide) groups is 1. The highest BCUT2D eigenvalue weighted by molar-refractivity contribution is 8.05. The van der Waals surface area contributed by atoms with Crippen LogP contribution in [0.25, 0.3) is 0 Å². The van der Waals surface area contributed by atoms with Gasteiger partial charge in [-0.3, -0.25) is 5.32 Å². The third kappa shape index (κ3) is 3.83. The SMILES string of the molecule is CCC1(NC(=O)OC(C)(C)C)NC=C(C(=O)O)S1. The third-order valence-electron chi connectivity index (χ3n) is 2.13. The van der Waals surface area contributed by atoms with Crippen molar-refractivity contribution in [1.82, 2.24) is 10.6 Å². The minimum atomic E-state index is -1.02. The summed E-state index contributed by atoms with van der Waals surface area (Å²) < 4.78 is 5.15. The van der Waals surface area contributed by atoms with Gasteiger partial charge in [-0.25, -0.2) is 9.59 Å². The Morgan fingerprint density at radius 2 is 2.17 bits per heavy atom. The second-order valence-electron chi connectivity index (χ2n) is 4.87. The average Bonchev–Trinajstić information content (AvgIpc) is 2.60. The summed E-state index contributed by atoms with van der Waals surface area (Å²) in [4.78, 5) is 21.9. The van der Waals surface area contributed by atoms with Gasteiger partial charge in [0.2, 0.25) is 0 Å².